The molecule has 0 unspecified atom stereocenters. The number of Topliss-reactive ketones (excluding diaryl/α,β-unsaturated/α-hetero) is 1. The molecular weight excluding hydrogens is 562 g/mol. The normalized spacial score (nSPS) is 27.8. The number of benzene rings is 2. The van der Waals surface area contributed by atoms with E-state index < -0.39 is 82.6 Å². The smallest absolute Gasteiger partial charge is 0.202 e. The number of phenols is 2. The van der Waals surface area contributed by atoms with Gasteiger partial charge in [-0.15, -0.1) is 0 Å². The van der Waals surface area contributed by atoms with Crippen molar-refractivity contribution in [1.82, 2.24) is 0 Å². The van der Waals surface area contributed by atoms with Gasteiger partial charge in [-0.2, -0.15) is 0 Å². The molecule has 12 nitrogen and oxygen atoms in total. The molecular formula is C31H39NO11. The Balaban J connectivity index is 0.000000782. The summed E-state index contributed by atoms with van der Waals surface area (Å²) < 4.78 is 21.9. The Bertz CT molecular complexity index is 1410. The molecule has 0 amide bonds. The second kappa shape index (κ2) is 12.7. The van der Waals surface area contributed by atoms with Gasteiger partial charge in [0.2, 0.25) is 5.78 Å². The molecule has 2 aromatic carbocycles. The first-order valence-electron chi connectivity index (χ1n) is 14.2. The van der Waals surface area contributed by atoms with Crippen molar-refractivity contribution < 1.29 is 53.8 Å². The number of aromatic hydroxyl groups is 2. The standard InChI is InChI=1S/C27H29NO10.C4H10O/c1-10-22(30)14(28)7-17(37-10)38-16-9-27(35,11(2)29)8-13-19(16)26(34)21-20(24(13)32)23(31)12-5-4-6-15(36-3)18(12)25(21)33;1-3-5-4-2/h4-6,10,14,16-17,22,30,32,34-35H,7-9,28H2,1-3H3;3-4H2,1-2H3/t10-,14-,16-,17-,22+,27-;/m0./s1. The quantitative estimate of drug-likeness (QED) is 0.259. The number of aliphatic hydroxyl groups excluding tert-OH is 1. The predicted octanol–water partition coefficient (Wildman–Crippen LogP) is 2.07. The lowest BCUT2D eigenvalue weighted by Gasteiger charge is -2.42. The fourth-order valence-electron chi connectivity index (χ4n) is 5.86. The lowest BCUT2D eigenvalue weighted by molar-refractivity contribution is -0.247. The Kier molecular flexibility index (Phi) is 9.60. The molecule has 6 atom stereocenters. The lowest BCUT2D eigenvalue weighted by Crippen LogP contribution is -2.52. The van der Waals surface area contributed by atoms with Crippen LogP contribution in [0.3, 0.4) is 0 Å². The van der Waals surface area contributed by atoms with Crippen LogP contribution in [-0.4, -0.2) is 88.2 Å². The summed E-state index contributed by atoms with van der Waals surface area (Å²) in [6, 6.07) is 3.75. The Morgan fingerprint density at radius 2 is 1.74 bits per heavy atom. The Hall–Kier alpha value is -3.39. The van der Waals surface area contributed by atoms with Crippen LogP contribution in [0.5, 0.6) is 17.2 Å². The SMILES string of the molecule is CCOCC.COc1cccc2c1C(=O)c1c(O)c3c(c(O)c1C2=O)C[C@@](O)(C(C)=O)C[C@@H]3O[C@H]1C[C@H](N)[C@H](O)[C@H](C)O1. The van der Waals surface area contributed by atoms with Crippen LogP contribution in [0, 0.1) is 0 Å². The average Bonchev–Trinajstić information content (AvgIpc) is 2.96. The zero-order valence-electron chi connectivity index (χ0n) is 24.9. The fraction of sp³-hybridized carbons (Fsp3) is 0.516. The third kappa shape index (κ3) is 5.78. The monoisotopic (exact) mass is 601 g/mol. The summed E-state index contributed by atoms with van der Waals surface area (Å²) >= 11 is 0. The van der Waals surface area contributed by atoms with Gasteiger partial charge in [0.15, 0.2) is 17.9 Å². The van der Waals surface area contributed by atoms with Crippen LogP contribution in [0.25, 0.3) is 0 Å². The molecule has 1 saturated heterocycles. The first-order chi connectivity index (χ1) is 20.3. The molecule has 5 rings (SSSR count). The molecule has 0 radical (unpaired) electrons. The van der Waals surface area contributed by atoms with Gasteiger partial charge in [0.1, 0.15) is 22.8 Å². The number of nitrogens with two attached hydrogens (primary N) is 1. The van der Waals surface area contributed by atoms with Crippen molar-refractivity contribution >= 4 is 17.3 Å². The number of aliphatic hydroxyl groups is 2. The Labute approximate surface area is 249 Å². The van der Waals surface area contributed by atoms with Crippen LogP contribution in [0.2, 0.25) is 0 Å². The maximum Gasteiger partial charge on any atom is 0.202 e. The van der Waals surface area contributed by atoms with E-state index in [-0.39, 0.29) is 40.8 Å². The topological polar surface area (TPSA) is 195 Å². The van der Waals surface area contributed by atoms with Crippen LogP contribution in [0.15, 0.2) is 18.2 Å². The van der Waals surface area contributed by atoms with E-state index in [0.29, 0.717) is 0 Å². The van der Waals surface area contributed by atoms with E-state index >= 15 is 0 Å². The molecule has 12 heteroatoms. The van der Waals surface area contributed by atoms with Crippen molar-refractivity contribution in [3.63, 3.8) is 0 Å². The van der Waals surface area contributed by atoms with Crippen LogP contribution in [-0.2, 0) is 25.4 Å². The van der Waals surface area contributed by atoms with Crippen LogP contribution < -0.4 is 10.5 Å². The highest BCUT2D eigenvalue weighted by atomic mass is 16.7. The van der Waals surface area contributed by atoms with Crippen molar-refractivity contribution in [3.8, 4) is 17.2 Å². The second-order valence-corrected chi connectivity index (χ2v) is 10.9. The van der Waals surface area contributed by atoms with Crippen molar-refractivity contribution in [3.05, 3.63) is 51.6 Å². The van der Waals surface area contributed by atoms with Crippen LogP contribution in [0.1, 0.15) is 89.6 Å². The van der Waals surface area contributed by atoms with Gasteiger partial charge in [-0.05, 0) is 33.8 Å². The van der Waals surface area contributed by atoms with E-state index in [2.05, 4.69) is 0 Å². The Morgan fingerprint density at radius 1 is 1.09 bits per heavy atom. The van der Waals surface area contributed by atoms with E-state index in [1.807, 2.05) is 13.8 Å². The number of ether oxygens (including phenoxy) is 4. The minimum atomic E-state index is -2.00. The molecule has 3 aliphatic rings. The van der Waals surface area contributed by atoms with Crippen molar-refractivity contribution in [1.29, 1.82) is 0 Å². The van der Waals surface area contributed by atoms with E-state index in [9.17, 15) is 34.8 Å². The molecule has 1 heterocycles. The van der Waals surface area contributed by atoms with Crippen LogP contribution in [0.4, 0.5) is 0 Å². The number of hydrogen-bond donors (Lipinski definition) is 5. The number of phenolic OH excluding ortho intramolecular Hbond substituents is 2. The highest BCUT2D eigenvalue weighted by Gasteiger charge is 2.49. The summed E-state index contributed by atoms with van der Waals surface area (Å²) in [6.45, 7) is 8.45. The predicted molar refractivity (Wildman–Crippen MR) is 153 cm³/mol. The number of methoxy groups -OCH3 is 1. The molecule has 2 aliphatic carbocycles. The zero-order chi connectivity index (χ0) is 31.8. The number of ketones is 3. The van der Waals surface area contributed by atoms with Gasteiger partial charge < -0.3 is 45.1 Å². The number of fused-ring (bicyclic) bond motifs is 3. The summed E-state index contributed by atoms with van der Waals surface area (Å²) in [4.78, 5) is 39.6. The maximum absolute atomic E-state index is 13.6. The van der Waals surface area contributed by atoms with Gasteiger partial charge >= 0.3 is 0 Å². The molecule has 0 aromatic heterocycles. The minimum absolute atomic E-state index is 0.0147. The largest absolute Gasteiger partial charge is 0.507 e. The average molecular weight is 602 g/mol. The zero-order valence-corrected chi connectivity index (χ0v) is 24.9. The number of carbonyl (C=O) groups excluding carboxylic acids is 3. The van der Waals surface area contributed by atoms with E-state index in [0.717, 1.165) is 13.2 Å². The highest BCUT2D eigenvalue weighted by Crippen LogP contribution is 2.52. The number of rotatable bonds is 6. The molecule has 0 spiro atoms. The van der Waals surface area contributed by atoms with Gasteiger partial charge in [-0.3, -0.25) is 14.4 Å². The van der Waals surface area contributed by atoms with E-state index in [1.54, 1.807) is 6.92 Å². The van der Waals surface area contributed by atoms with Gasteiger partial charge in [-0.1, -0.05) is 12.1 Å². The first-order valence-corrected chi connectivity index (χ1v) is 14.2. The third-order valence-electron chi connectivity index (χ3n) is 8.21. The minimum Gasteiger partial charge on any atom is -0.507 e. The molecule has 0 bridgehead atoms. The van der Waals surface area contributed by atoms with E-state index in [4.69, 9.17) is 24.7 Å². The number of carbonyl (C=O) groups is 3. The third-order valence-corrected chi connectivity index (χ3v) is 8.21. The van der Waals surface area contributed by atoms with Crippen molar-refractivity contribution in [2.45, 2.75) is 83.2 Å². The molecule has 2 aromatic rings. The van der Waals surface area contributed by atoms with Gasteiger partial charge in [0.25, 0.3) is 0 Å². The fourth-order valence-corrected chi connectivity index (χ4v) is 5.86. The lowest BCUT2D eigenvalue weighted by atomic mass is 9.72. The van der Waals surface area contributed by atoms with Crippen molar-refractivity contribution in [2.75, 3.05) is 20.3 Å². The summed E-state index contributed by atoms with van der Waals surface area (Å²) in [5.41, 5.74) is 2.97. The van der Waals surface area contributed by atoms with Gasteiger partial charge in [-0.25, -0.2) is 0 Å². The molecule has 1 fully saturated rings. The second-order valence-electron chi connectivity index (χ2n) is 10.9. The summed E-state index contributed by atoms with van der Waals surface area (Å²) in [6.07, 6.45) is -4.53. The van der Waals surface area contributed by atoms with Gasteiger partial charge in [0, 0.05) is 55.2 Å². The Morgan fingerprint density at radius 3 is 2.30 bits per heavy atom. The number of hydrogen-bond acceptors (Lipinski definition) is 12. The molecule has 234 valence electrons. The molecule has 43 heavy (non-hydrogen) atoms. The molecule has 0 saturated carbocycles. The van der Waals surface area contributed by atoms with Gasteiger partial charge in [0.05, 0.1) is 42.1 Å². The summed E-state index contributed by atoms with van der Waals surface area (Å²) in [5.74, 6) is -3.18. The maximum atomic E-state index is 13.6. The van der Waals surface area contributed by atoms with E-state index in [1.165, 1.54) is 32.2 Å². The van der Waals surface area contributed by atoms with Crippen molar-refractivity contribution in [2.24, 2.45) is 5.73 Å². The molecule has 1 aliphatic heterocycles. The molecule has 6 N–H and O–H groups in total. The summed E-state index contributed by atoms with van der Waals surface area (Å²) in [5, 5.41) is 44.1. The first kappa shape index (κ1) is 32.5. The summed E-state index contributed by atoms with van der Waals surface area (Å²) in [7, 11) is 1.34. The van der Waals surface area contributed by atoms with Crippen LogP contribution >= 0.6 is 0 Å². The highest BCUT2D eigenvalue weighted by molar-refractivity contribution is 6.31.